The third-order valence-electron chi connectivity index (χ3n) is 12.2. The van der Waals surface area contributed by atoms with Crippen molar-refractivity contribution in [3.05, 3.63) is 242 Å². The predicted molar refractivity (Wildman–Crippen MR) is 273 cm³/mol. The molecule has 2 heterocycles. The highest BCUT2D eigenvalue weighted by Crippen LogP contribution is 2.43. The first-order valence-electron chi connectivity index (χ1n) is 22.3. The highest BCUT2D eigenvalue weighted by Gasteiger charge is 2.20. The molecule has 0 atom stereocenters. The van der Waals surface area contributed by atoms with E-state index in [4.69, 9.17) is 19.9 Å². The van der Waals surface area contributed by atoms with Crippen molar-refractivity contribution in [3.8, 4) is 113 Å². The number of aromatic nitrogens is 4. The van der Waals surface area contributed by atoms with E-state index >= 15 is 0 Å². The van der Waals surface area contributed by atoms with Crippen LogP contribution in [0, 0.1) is 22.7 Å². The van der Waals surface area contributed by atoms with E-state index in [1.54, 1.807) is 0 Å². The second kappa shape index (κ2) is 18.1. The fourth-order valence-electron chi connectivity index (χ4n) is 8.91. The van der Waals surface area contributed by atoms with Gasteiger partial charge in [-0.3, -0.25) is 0 Å². The van der Waals surface area contributed by atoms with Crippen LogP contribution in [0.4, 0.5) is 0 Å². The molecular weight excluding hydrogens is 829 g/mol. The molecule has 0 amide bonds. The third kappa shape index (κ3) is 8.07. The van der Waals surface area contributed by atoms with Gasteiger partial charge < -0.3 is 0 Å². The Morgan fingerprint density at radius 3 is 1.34 bits per heavy atom. The van der Waals surface area contributed by atoms with Crippen molar-refractivity contribution in [1.82, 2.24) is 19.9 Å². The van der Waals surface area contributed by atoms with Gasteiger partial charge in [0.1, 0.15) is 0 Å². The molecule has 6 nitrogen and oxygen atoms in total. The summed E-state index contributed by atoms with van der Waals surface area (Å²) in [5.74, 6) is 1.23. The molecule has 0 bridgehead atoms. The molecule has 0 fully saturated rings. The van der Waals surface area contributed by atoms with E-state index in [0.29, 0.717) is 22.8 Å². The summed E-state index contributed by atoms with van der Waals surface area (Å²) in [6.45, 7) is 0. The van der Waals surface area contributed by atoms with E-state index in [0.717, 1.165) is 100 Å². The van der Waals surface area contributed by atoms with Crippen LogP contribution in [0.15, 0.2) is 231 Å². The van der Waals surface area contributed by atoms with Crippen LogP contribution in [0.2, 0.25) is 0 Å². The van der Waals surface area contributed by atoms with E-state index in [1.807, 2.05) is 121 Å². The minimum absolute atomic E-state index is 0.609. The van der Waals surface area contributed by atoms with Gasteiger partial charge in [0.25, 0.3) is 0 Å². The Kier molecular flexibility index (Phi) is 10.9. The van der Waals surface area contributed by atoms with Crippen LogP contribution >= 0.6 is 0 Å². The van der Waals surface area contributed by atoms with Crippen molar-refractivity contribution >= 4 is 10.9 Å². The molecule has 0 saturated carbocycles. The summed E-state index contributed by atoms with van der Waals surface area (Å²) in [7, 11) is 0. The normalized spacial score (nSPS) is 10.9. The number of rotatable bonds is 9. The minimum atomic E-state index is 0.609. The largest absolute Gasteiger partial charge is 0.228 e. The number of nitrogens with zero attached hydrogens (tertiary/aromatic N) is 6. The molecular formula is C62H38N6. The lowest BCUT2D eigenvalue weighted by Gasteiger charge is -2.18. The van der Waals surface area contributed by atoms with Gasteiger partial charge in [-0.05, 0) is 93.0 Å². The molecule has 6 heteroatoms. The van der Waals surface area contributed by atoms with Gasteiger partial charge in [-0.25, -0.2) is 19.9 Å². The molecule has 0 N–H and O–H groups in total. The molecule has 68 heavy (non-hydrogen) atoms. The summed E-state index contributed by atoms with van der Waals surface area (Å²) in [6.07, 6.45) is 0. The van der Waals surface area contributed by atoms with Crippen molar-refractivity contribution in [2.24, 2.45) is 0 Å². The first kappa shape index (κ1) is 41.1. The van der Waals surface area contributed by atoms with Crippen LogP contribution < -0.4 is 0 Å². The van der Waals surface area contributed by atoms with Crippen LogP contribution in [-0.2, 0) is 0 Å². The maximum Gasteiger partial charge on any atom is 0.160 e. The molecule has 9 aromatic carbocycles. The lowest BCUT2D eigenvalue weighted by atomic mass is 9.87. The number of nitriles is 2. The average Bonchev–Trinajstić information content (AvgIpc) is 3.43. The topological polar surface area (TPSA) is 99.1 Å². The Hall–Kier alpha value is -9.62. The van der Waals surface area contributed by atoms with Crippen LogP contribution in [-0.4, -0.2) is 19.9 Å². The van der Waals surface area contributed by atoms with Gasteiger partial charge in [-0.2, -0.15) is 10.5 Å². The fourth-order valence-corrected chi connectivity index (χ4v) is 8.91. The smallest absolute Gasteiger partial charge is 0.160 e. The van der Waals surface area contributed by atoms with E-state index in [2.05, 4.69) is 121 Å². The average molecular weight is 867 g/mol. The molecule has 11 rings (SSSR count). The Balaban J connectivity index is 1.05. The number of benzene rings is 9. The summed E-state index contributed by atoms with van der Waals surface area (Å²) >= 11 is 0. The maximum absolute atomic E-state index is 9.63. The molecule has 316 valence electrons. The highest BCUT2D eigenvalue weighted by atomic mass is 14.9. The van der Waals surface area contributed by atoms with Crippen molar-refractivity contribution in [3.63, 3.8) is 0 Å². The van der Waals surface area contributed by atoms with Crippen LogP contribution in [0.1, 0.15) is 11.1 Å². The third-order valence-corrected chi connectivity index (χ3v) is 12.2. The SMILES string of the molecule is N#Cc1cccc(-c2cccc(-c3cc(-c4ccccc4-c4ccccc4-c4ccccc4-c4nc(-c5cccc(-c6cccc(C#N)c6)c5)nc5ccccc45)nc(-c4ccccc4)n3)c2)c1. The monoisotopic (exact) mass is 866 g/mol. The second-order valence-electron chi connectivity index (χ2n) is 16.4. The number of para-hydroxylation sites is 1. The molecule has 2 aromatic heterocycles. The van der Waals surface area contributed by atoms with Crippen LogP contribution in [0.25, 0.3) is 112 Å². The first-order valence-corrected chi connectivity index (χ1v) is 22.3. The Labute approximate surface area is 394 Å². The fraction of sp³-hybridized carbons (Fsp3) is 0. The Morgan fingerprint density at radius 1 is 0.279 bits per heavy atom. The minimum Gasteiger partial charge on any atom is -0.228 e. The zero-order chi connectivity index (χ0) is 45.8. The van der Waals surface area contributed by atoms with E-state index < -0.39 is 0 Å². The van der Waals surface area contributed by atoms with Crippen LogP contribution in [0.5, 0.6) is 0 Å². The lowest BCUT2D eigenvalue weighted by molar-refractivity contribution is 1.18. The number of hydrogen-bond acceptors (Lipinski definition) is 6. The second-order valence-corrected chi connectivity index (χ2v) is 16.4. The van der Waals surface area contributed by atoms with Crippen molar-refractivity contribution in [2.45, 2.75) is 0 Å². The van der Waals surface area contributed by atoms with E-state index in [9.17, 15) is 10.5 Å². The molecule has 0 spiro atoms. The molecule has 0 aliphatic rings. The molecule has 0 radical (unpaired) electrons. The van der Waals surface area contributed by atoms with Gasteiger partial charge >= 0.3 is 0 Å². The summed E-state index contributed by atoms with van der Waals surface area (Å²) in [5, 5.41) is 20.2. The lowest BCUT2D eigenvalue weighted by Crippen LogP contribution is -1.98. The van der Waals surface area contributed by atoms with Crippen molar-refractivity contribution < 1.29 is 0 Å². The summed E-state index contributed by atoms with van der Waals surface area (Å²) in [4.78, 5) is 20.9. The van der Waals surface area contributed by atoms with Gasteiger partial charge in [0.15, 0.2) is 11.6 Å². The molecule has 0 unspecified atom stereocenters. The maximum atomic E-state index is 9.63. The van der Waals surface area contributed by atoms with Gasteiger partial charge in [-0.15, -0.1) is 0 Å². The van der Waals surface area contributed by atoms with Gasteiger partial charge in [0, 0.05) is 33.2 Å². The summed E-state index contributed by atoms with van der Waals surface area (Å²) in [6, 6.07) is 82.1. The quantitative estimate of drug-likeness (QED) is 0.143. The molecule has 0 aliphatic carbocycles. The highest BCUT2D eigenvalue weighted by molar-refractivity contribution is 6.01. The summed E-state index contributed by atoms with van der Waals surface area (Å²) in [5.41, 5.74) is 17.2. The molecule has 0 aliphatic heterocycles. The number of fused-ring (bicyclic) bond motifs is 1. The zero-order valence-corrected chi connectivity index (χ0v) is 36.6. The first-order chi connectivity index (χ1) is 33.6. The van der Waals surface area contributed by atoms with Gasteiger partial charge in [0.05, 0.1) is 45.9 Å². The zero-order valence-electron chi connectivity index (χ0n) is 36.6. The molecule has 11 aromatic rings. The standard InChI is InChI=1S/C62H38N6/c63-39-41-16-12-20-44(34-41)46-22-14-24-48(36-46)58-38-59(67-61(66-58)43-18-2-1-3-19-43)54-30-8-6-28-52(54)50-26-4-5-27-51(50)53-29-7-9-31-55(53)60-56-32-10-11-33-57(56)65-62(68-60)49-25-15-23-47(37-49)45-21-13-17-42(35-45)40-64/h1-38H. The summed E-state index contributed by atoms with van der Waals surface area (Å²) < 4.78 is 0. The Morgan fingerprint density at radius 2 is 0.706 bits per heavy atom. The van der Waals surface area contributed by atoms with Crippen molar-refractivity contribution in [2.75, 3.05) is 0 Å². The van der Waals surface area contributed by atoms with E-state index in [-0.39, 0.29) is 0 Å². The molecule has 0 saturated heterocycles. The van der Waals surface area contributed by atoms with Gasteiger partial charge in [0.2, 0.25) is 0 Å². The predicted octanol–water partition coefficient (Wildman–Crippen LogP) is 15.2. The van der Waals surface area contributed by atoms with Crippen LogP contribution in [0.3, 0.4) is 0 Å². The van der Waals surface area contributed by atoms with Crippen molar-refractivity contribution in [1.29, 1.82) is 10.5 Å². The number of hydrogen-bond donors (Lipinski definition) is 0. The van der Waals surface area contributed by atoms with E-state index in [1.165, 1.54) is 0 Å². The Bertz CT molecular complexity index is 3790. The van der Waals surface area contributed by atoms with Gasteiger partial charge in [-0.1, -0.05) is 182 Å².